The lowest BCUT2D eigenvalue weighted by atomic mass is 9.71. The van der Waals surface area contributed by atoms with Crippen molar-refractivity contribution in [2.45, 2.75) is 152 Å². The van der Waals surface area contributed by atoms with Crippen LogP contribution in [-0.4, -0.2) is 140 Å². The van der Waals surface area contributed by atoms with Crippen LogP contribution in [0.5, 0.6) is 23.0 Å². The Kier molecular flexibility index (Phi) is 11.2. The van der Waals surface area contributed by atoms with Crippen LogP contribution < -0.4 is 0 Å². The maximum Gasteiger partial charge on any atom is 0.202 e. The highest BCUT2D eigenvalue weighted by molar-refractivity contribution is 6.32. The number of aliphatic hydroxyl groups excluding tert-OH is 2. The predicted octanol–water partition coefficient (Wildman–Crippen LogP) is 2.65. The van der Waals surface area contributed by atoms with Crippen LogP contribution in [-0.2, 0) is 34.8 Å². The van der Waals surface area contributed by atoms with E-state index in [1.807, 2.05) is 19.0 Å². The third-order valence-electron chi connectivity index (χ3n) is 12.3. The first-order chi connectivity index (χ1) is 26.4. The average molecular weight is 788 g/mol. The minimum absolute atomic E-state index is 0.0260. The smallest absolute Gasteiger partial charge is 0.202 e. The van der Waals surface area contributed by atoms with Gasteiger partial charge in [0.1, 0.15) is 41.3 Å². The predicted molar refractivity (Wildman–Crippen MR) is 195 cm³/mol. The van der Waals surface area contributed by atoms with Crippen molar-refractivity contribution < 1.29 is 73.8 Å². The standard InChI is InChI=1S/C40H53NO15/c1-7-40(50)13-12-19-28(34(47)32-31(33(19)46)35(48)29-22(43)8-9-23(44)30(29)36(32)49)39(40)56-26-14-20(41(5)6)37(17(3)52-26)55-27-15-24(45)38(18(4)53-27)54-25-11-10-21(42)16(2)51-25/h8-9,16-18,20-21,24-27,37-39,42-47,50H,7,10-15H2,1-6H3/t16-,17-,18-,20-,21-,24-,25-,26+,27+,37-,38+,39+,40-/m1/s1. The Morgan fingerprint density at radius 2 is 1.29 bits per heavy atom. The summed E-state index contributed by atoms with van der Waals surface area (Å²) in [7, 11) is 3.73. The minimum Gasteiger partial charge on any atom is -0.507 e. The summed E-state index contributed by atoms with van der Waals surface area (Å²) < 4.78 is 37.5. The van der Waals surface area contributed by atoms with Crippen molar-refractivity contribution in [2.75, 3.05) is 14.1 Å². The molecule has 0 bridgehead atoms. The van der Waals surface area contributed by atoms with Crippen LogP contribution in [0.1, 0.15) is 115 Å². The molecule has 2 aromatic rings. The highest BCUT2D eigenvalue weighted by atomic mass is 16.7. The van der Waals surface area contributed by atoms with Gasteiger partial charge in [0.15, 0.2) is 18.9 Å². The second-order valence-corrected chi connectivity index (χ2v) is 16.1. The van der Waals surface area contributed by atoms with Gasteiger partial charge in [-0.25, -0.2) is 0 Å². The van der Waals surface area contributed by atoms with E-state index in [0.29, 0.717) is 12.8 Å². The van der Waals surface area contributed by atoms with Crippen molar-refractivity contribution in [1.29, 1.82) is 0 Å². The van der Waals surface area contributed by atoms with Crippen LogP contribution in [0, 0.1) is 0 Å². The van der Waals surface area contributed by atoms with Crippen LogP contribution in [0.25, 0.3) is 0 Å². The lowest BCUT2D eigenvalue weighted by molar-refractivity contribution is -0.331. The number of benzene rings is 2. The number of carbonyl (C=O) groups excluding carboxylic acids is 2. The molecule has 0 saturated carbocycles. The van der Waals surface area contributed by atoms with Gasteiger partial charge in [0.25, 0.3) is 0 Å². The Hall–Kier alpha value is -3.42. The van der Waals surface area contributed by atoms with Crippen molar-refractivity contribution in [3.63, 3.8) is 0 Å². The molecule has 16 nitrogen and oxygen atoms in total. The van der Waals surface area contributed by atoms with Gasteiger partial charge in [-0.2, -0.15) is 0 Å². The molecule has 3 heterocycles. The monoisotopic (exact) mass is 787 g/mol. The maximum atomic E-state index is 13.9. The topological polar surface area (TPSA) is 234 Å². The molecule has 0 aromatic heterocycles. The highest BCUT2D eigenvalue weighted by Crippen LogP contribution is 2.54. The summed E-state index contributed by atoms with van der Waals surface area (Å²) in [5.74, 6) is -4.36. The summed E-state index contributed by atoms with van der Waals surface area (Å²) in [4.78, 5) is 29.5. The Bertz CT molecular complexity index is 1840. The second-order valence-electron chi connectivity index (χ2n) is 16.1. The van der Waals surface area contributed by atoms with Gasteiger partial charge < -0.3 is 69.1 Å². The summed E-state index contributed by atoms with van der Waals surface area (Å²) in [5.41, 5.74) is -3.63. The molecule has 0 radical (unpaired) electrons. The van der Waals surface area contributed by atoms with Gasteiger partial charge in [0.05, 0.1) is 58.4 Å². The number of aliphatic hydroxyl groups is 3. The molecule has 0 amide bonds. The largest absolute Gasteiger partial charge is 0.507 e. The quantitative estimate of drug-likeness (QED) is 0.163. The number of phenolic OH excluding ortho intramolecular Hbond substituents is 4. The zero-order valence-electron chi connectivity index (χ0n) is 32.4. The zero-order valence-corrected chi connectivity index (χ0v) is 32.4. The summed E-state index contributed by atoms with van der Waals surface area (Å²) in [6.45, 7) is 7.09. The zero-order chi connectivity index (χ0) is 40.5. The molecule has 3 aliphatic heterocycles. The number of hydrogen-bond donors (Lipinski definition) is 7. The van der Waals surface area contributed by atoms with Gasteiger partial charge >= 0.3 is 0 Å². The summed E-state index contributed by atoms with van der Waals surface area (Å²) in [6.07, 6.45) is -6.45. The van der Waals surface area contributed by atoms with Crippen LogP contribution in [0.15, 0.2) is 12.1 Å². The van der Waals surface area contributed by atoms with Crippen molar-refractivity contribution >= 4 is 11.6 Å². The lowest BCUT2D eigenvalue weighted by Gasteiger charge is -2.48. The van der Waals surface area contributed by atoms with Crippen LogP contribution in [0.2, 0.25) is 0 Å². The van der Waals surface area contributed by atoms with Crippen molar-refractivity contribution in [2.24, 2.45) is 0 Å². The van der Waals surface area contributed by atoms with Crippen LogP contribution in [0.3, 0.4) is 0 Å². The highest BCUT2D eigenvalue weighted by Gasteiger charge is 2.51. The molecule has 0 spiro atoms. The molecule has 7 rings (SSSR count). The lowest BCUT2D eigenvalue weighted by Crippen LogP contribution is -2.58. The van der Waals surface area contributed by atoms with E-state index in [9.17, 15) is 45.3 Å². The van der Waals surface area contributed by atoms with E-state index in [1.54, 1.807) is 27.7 Å². The summed E-state index contributed by atoms with van der Waals surface area (Å²) >= 11 is 0. The number of carbonyl (C=O) groups is 2. The normalized spacial score (nSPS) is 37.2. The third-order valence-corrected chi connectivity index (χ3v) is 12.3. The Balaban J connectivity index is 1.11. The minimum atomic E-state index is -1.60. The Morgan fingerprint density at radius 3 is 1.86 bits per heavy atom. The van der Waals surface area contributed by atoms with E-state index in [4.69, 9.17) is 28.4 Å². The Labute approximate surface area is 324 Å². The number of rotatable bonds is 8. The van der Waals surface area contributed by atoms with Crippen LogP contribution in [0.4, 0.5) is 0 Å². The number of aromatic hydroxyl groups is 4. The fourth-order valence-corrected chi connectivity index (χ4v) is 9.02. The molecule has 3 fully saturated rings. The van der Waals surface area contributed by atoms with Gasteiger partial charge in [0.2, 0.25) is 11.6 Å². The van der Waals surface area contributed by atoms with E-state index >= 15 is 0 Å². The van der Waals surface area contributed by atoms with E-state index in [1.165, 1.54) is 0 Å². The van der Waals surface area contributed by atoms with Gasteiger partial charge in [0, 0.05) is 36.4 Å². The molecular formula is C40H53NO15. The van der Waals surface area contributed by atoms with Gasteiger partial charge in [-0.05, 0) is 72.7 Å². The molecule has 5 aliphatic rings. The van der Waals surface area contributed by atoms with Crippen molar-refractivity contribution in [1.82, 2.24) is 4.90 Å². The molecule has 308 valence electrons. The third kappa shape index (κ3) is 6.97. The van der Waals surface area contributed by atoms with Crippen molar-refractivity contribution in [3.8, 4) is 23.0 Å². The fourth-order valence-electron chi connectivity index (χ4n) is 9.02. The van der Waals surface area contributed by atoms with Crippen LogP contribution >= 0.6 is 0 Å². The summed E-state index contributed by atoms with van der Waals surface area (Å²) in [5, 5.41) is 77.6. The molecule has 7 N–H and O–H groups in total. The van der Waals surface area contributed by atoms with E-state index in [2.05, 4.69) is 0 Å². The number of phenols is 4. The maximum absolute atomic E-state index is 13.9. The molecule has 2 aliphatic carbocycles. The number of ketones is 2. The number of fused-ring (bicyclic) bond motifs is 3. The molecule has 56 heavy (non-hydrogen) atoms. The van der Waals surface area contributed by atoms with Gasteiger partial charge in [-0.3, -0.25) is 9.59 Å². The Morgan fingerprint density at radius 1 is 0.732 bits per heavy atom. The molecular weight excluding hydrogens is 734 g/mol. The molecule has 13 atom stereocenters. The SMILES string of the molecule is CC[C@@]1(O)CCc2c(O)c3c(c(O)c2[C@@H]1O[C@H]1C[C@@H](N(C)C)[C@H](O[C@H]2C[C@@H](O)[C@@H](O[C@@H]4CC[C@@H](O)[C@@H](C)O4)[C@@H](C)O2)[C@@H](C)O1)C(=O)c1c(O)ccc(O)c1C3=O. The number of hydrogen-bond acceptors (Lipinski definition) is 16. The number of likely N-dealkylation sites (N-methyl/N-ethyl adjacent to an activating group) is 1. The first-order valence-electron chi connectivity index (χ1n) is 19.4. The molecule has 0 unspecified atom stereocenters. The first-order valence-corrected chi connectivity index (χ1v) is 19.4. The fraction of sp³-hybridized carbons (Fsp3) is 0.650. The van der Waals surface area contributed by atoms with E-state index < -0.39 is 130 Å². The van der Waals surface area contributed by atoms with Gasteiger partial charge in [-0.1, -0.05) is 6.92 Å². The first kappa shape index (κ1) is 40.8. The second kappa shape index (κ2) is 15.4. The van der Waals surface area contributed by atoms with E-state index in [0.717, 1.165) is 12.1 Å². The van der Waals surface area contributed by atoms with Crippen molar-refractivity contribution in [3.05, 3.63) is 45.5 Å². The molecule has 3 saturated heterocycles. The van der Waals surface area contributed by atoms with Gasteiger partial charge in [-0.15, -0.1) is 0 Å². The molecule has 16 heteroatoms. The summed E-state index contributed by atoms with van der Waals surface area (Å²) in [6, 6.07) is 1.77. The molecule has 2 aromatic carbocycles. The average Bonchev–Trinajstić information content (AvgIpc) is 3.14. The van der Waals surface area contributed by atoms with E-state index in [-0.39, 0.29) is 49.3 Å². The number of ether oxygens (including phenoxy) is 6. The number of nitrogens with zero attached hydrogens (tertiary/aromatic N) is 1.